The van der Waals surface area contributed by atoms with Crippen molar-refractivity contribution in [1.29, 1.82) is 0 Å². The number of Topliss-reactive ketones (excluding diaryl/α,β-unsaturated/α-hetero) is 2. The molecule has 0 fully saturated rings. The first-order chi connectivity index (χ1) is 17.6. The van der Waals surface area contributed by atoms with E-state index in [9.17, 15) is 24.0 Å². The number of methoxy groups -OCH3 is 2. The zero-order valence-electron chi connectivity index (χ0n) is 20.8. The number of fused-ring (bicyclic) bond motifs is 3. The minimum Gasteiger partial charge on any atom is -0.496 e. The van der Waals surface area contributed by atoms with Crippen LogP contribution in [0.1, 0.15) is 64.3 Å². The van der Waals surface area contributed by atoms with Crippen molar-refractivity contribution in [2.75, 3.05) is 14.2 Å². The number of carbonyl (C=O) groups is 5. The lowest BCUT2D eigenvalue weighted by atomic mass is 9.71. The predicted octanol–water partition coefficient (Wildman–Crippen LogP) is 3.15. The first kappa shape index (κ1) is 25.6. The Kier molecular flexibility index (Phi) is 6.84. The highest BCUT2D eigenvalue weighted by atomic mass is 16.6. The summed E-state index contributed by atoms with van der Waals surface area (Å²) in [6.07, 6.45) is -2.73. The molecule has 0 bridgehead atoms. The van der Waals surface area contributed by atoms with Gasteiger partial charge in [-0.25, -0.2) is 0 Å². The van der Waals surface area contributed by atoms with Gasteiger partial charge < -0.3 is 23.7 Å². The normalized spacial score (nSPS) is 17.8. The molecule has 0 heterocycles. The lowest BCUT2D eigenvalue weighted by molar-refractivity contribution is -0.163. The van der Waals surface area contributed by atoms with Crippen molar-refractivity contribution in [2.45, 2.75) is 39.6 Å². The molecule has 0 spiro atoms. The van der Waals surface area contributed by atoms with Gasteiger partial charge in [-0.15, -0.1) is 0 Å². The van der Waals surface area contributed by atoms with Crippen molar-refractivity contribution in [1.82, 2.24) is 0 Å². The maximum atomic E-state index is 13.9. The van der Waals surface area contributed by atoms with Crippen molar-refractivity contribution in [2.24, 2.45) is 0 Å². The molecule has 2 aromatic carbocycles. The predicted molar refractivity (Wildman–Crippen MR) is 127 cm³/mol. The van der Waals surface area contributed by atoms with Crippen molar-refractivity contribution in [3.8, 4) is 11.5 Å². The molecule has 2 atom stereocenters. The Morgan fingerprint density at radius 2 is 1.43 bits per heavy atom. The molecule has 37 heavy (non-hydrogen) atoms. The second-order valence-corrected chi connectivity index (χ2v) is 8.43. The summed E-state index contributed by atoms with van der Waals surface area (Å²) in [5, 5.41) is 0. The highest BCUT2D eigenvalue weighted by Gasteiger charge is 2.49. The van der Waals surface area contributed by atoms with E-state index in [4.69, 9.17) is 23.7 Å². The first-order valence-electron chi connectivity index (χ1n) is 11.3. The molecule has 2 aromatic rings. The van der Waals surface area contributed by atoms with E-state index in [-0.39, 0.29) is 51.5 Å². The van der Waals surface area contributed by atoms with Crippen LogP contribution in [0.3, 0.4) is 0 Å². The molecule has 0 N–H and O–H groups in total. The van der Waals surface area contributed by atoms with E-state index in [1.807, 2.05) is 0 Å². The van der Waals surface area contributed by atoms with E-state index in [1.54, 1.807) is 24.3 Å². The molecule has 192 valence electrons. The molecule has 10 heteroatoms. The van der Waals surface area contributed by atoms with Gasteiger partial charge in [0.05, 0.1) is 25.4 Å². The number of allylic oxidation sites excluding steroid dienone is 1. The zero-order chi connectivity index (χ0) is 27.0. The number of rotatable bonds is 6. The second kappa shape index (κ2) is 9.88. The summed E-state index contributed by atoms with van der Waals surface area (Å²) in [7, 11) is 2.74. The monoisotopic (exact) mass is 508 g/mol. The summed E-state index contributed by atoms with van der Waals surface area (Å²) in [5.41, 5.74) is 0.868. The van der Waals surface area contributed by atoms with Gasteiger partial charge in [0.1, 0.15) is 18.1 Å². The van der Waals surface area contributed by atoms with Gasteiger partial charge in [0.2, 0.25) is 0 Å². The molecule has 4 rings (SSSR count). The number of carbonyl (C=O) groups excluding carboxylic acids is 5. The van der Waals surface area contributed by atoms with Crippen LogP contribution in [-0.2, 0) is 35.2 Å². The molecule has 0 unspecified atom stereocenters. The maximum Gasteiger partial charge on any atom is 0.303 e. The lowest BCUT2D eigenvalue weighted by Gasteiger charge is -2.37. The Morgan fingerprint density at radius 1 is 0.784 bits per heavy atom. The minimum absolute atomic E-state index is 0.0152. The fourth-order valence-corrected chi connectivity index (χ4v) is 4.69. The summed E-state index contributed by atoms with van der Waals surface area (Å²) in [6.45, 7) is 3.43. The number of ketones is 2. The Morgan fingerprint density at radius 3 is 2.03 bits per heavy atom. The summed E-state index contributed by atoms with van der Waals surface area (Å²) >= 11 is 0. The van der Waals surface area contributed by atoms with Crippen molar-refractivity contribution < 1.29 is 47.7 Å². The van der Waals surface area contributed by atoms with Crippen LogP contribution in [0.4, 0.5) is 0 Å². The Labute approximate surface area is 212 Å². The van der Waals surface area contributed by atoms with Crippen LogP contribution >= 0.6 is 0 Å². The van der Waals surface area contributed by atoms with Gasteiger partial charge in [-0.3, -0.25) is 24.0 Å². The summed E-state index contributed by atoms with van der Waals surface area (Å²) in [4.78, 5) is 63.6. The maximum absolute atomic E-state index is 13.9. The number of hydrogen-bond acceptors (Lipinski definition) is 10. The molecule has 0 aliphatic heterocycles. The smallest absolute Gasteiger partial charge is 0.303 e. The standard InChI is InChI=1S/C27H24O10/c1-12(28)35-11-15-9-17-20(19(10-15)34-5)22-23(27(37-14(3)30)26(17)36-13(2)29)25(32)21-16(24(22)31)7-6-8-18(21)33-4/h6-10,26-27H,11H2,1-5H3/t26-,27-/m0/s1. The van der Waals surface area contributed by atoms with Crippen LogP contribution in [0.25, 0.3) is 5.57 Å². The summed E-state index contributed by atoms with van der Waals surface area (Å²) in [5.74, 6) is -2.77. The highest BCUT2D eigenvalue weighted by molar-refractivity contribution is 6.42. The summed E-state index contributed by atoms with van der Waals surface area (Å²) < 4.78 is 27.1. The van der Waals surface area contributed by atoms with Gasteiger partial charge in [-0.05, 0) is 23.8 Å². The first-order valence-corrected chi connectivity index (χ1v) is 11.3. The van der Waals surface area contributed by atoms with E-state index >= 15 is 0 Å². The molecule has 0 amide bonds. The van der Waals surface area contributed by atoms with Gasteiger partial charge >= 0.3 is 17.9 Å². The fraction of sp³-hybridized carbons (Fsp3) is 0.296. The molecule has 0 saturated carbocycles. The quantitative estimate of drug-likeness (QED) is 0.423. The Hall–Kier alpha value is -4.47. The molecule has 10 nitrogen and oxygen atoms in total. The van der Waals surface area contributed by atoms with E-state index in [2.05, 4.69) is 0 Å². The van der Waals surface area contributed by atoms with Crippen LogP contribution < -0.4 is 9.47 Å². The third-order valence-corrected chi connectivity index (χ3v) is 6.02. The van der Waals surface area contributed by atoms with E-state index < -0.39 is 41.7 Å². The van der Waals surface area contributed by atoms with Crippen LogP contribution in [-0.4, -0.2) is 49.8 Å². The van der Waals surface area contributed by atoms with Gasteiger partial charge in [0, 0.05) is 43.0 Å². The number of benzene rings is 2. The third-order valence-electron chi connectivity index (χ3n) is 6.02. The van der Waals surface area contributed by atoms with Crippen LogP contribution in [0.2, 0.25) is 0 Å². The highest BCUT2D eigenvalue weighted by Crippen LogP contribution is 2.50. The largest absolute Gasteiger partial charge is 0.496 e. The molecule has 2 aliphatic rings. The zero-order valence-corrected chi connectivity index (χ0v) is 20.8. The Balaban J connectivity index is 2.07. The van der Waals surface area contributed by atoms with E-state index in [0.29, 0.717) is 5.56 Å². The number of hydrogen-bond donors (Lipinski definition) is 0. The number of esters is 3. The van der Waals surface area contributed by atoms with E-state index in [0.717, 1.165) is 6.92 Å². The molecule has 0 radical (unpaired) electrons. The van der Waals surface area contributed by atoms with Gasteiger partial charge in [0.25, 0.3) is 0 Å². The molecule has 0 aromatic heterocycles. The Bertz CT molecular complexity index is 1380. The van der Waals surface area contributed by atoms with Crippen LogP contribution in [0.15, 0.2) is 35.9 Å². The molecular formula is C27H24O10. The molecular weight excluding hydrogens is 484 g/mol. The SMILES string of the molecule is COc1cccc2c1C(=O)C1=C(C2=O)c2c(OC)cc(COC(C)=O)cc2[C@H](OC(C)=O)[C@H]1OC(C)=O. The fourth-order valence-electron chi connectivity index (χ4n) is 4.69. The molecule has 0 saturated heterocycles. The summed E-state index contributed by atoms with van der Waals surface area (Å²) in [6, 6.07) is 7.75. The average molecular weight is 508 g/mol. The van der Waals surface area contributed by atoms with Crippen LogP contribution in [0, 0.1) is 0 Å². The molecule has 2 aliphatic carbocycles. The van der Waals surface area contributed by atoms with Crippen molar-refractivity contribution in [3.05, 3.63) is 63.7 Å². The van der Waals surface area contributed by atoms with Crippen LogP contribution in [0.5, 0.6) is 11.5 Å². The second-order valence-electron chi connectivity index (χ2n) is 8.43. The van der Waals surface area contributed by atoms with Crippen molar-refractivity contribution >= 4 is 35.0 Å². The lowest BCUT2D eigenvalue weighted by Crippen LogP contribution is -2.40. The topological polar surface area (TPSA) is 132 Å². The third kappa shape index (κ3) is 4.46. The van der Waals surface area contributed by atoms with Gasteiger partial charge in [-0.1, -0.05) is 12.1 Å². The van der Waals surface area contributed by atoms with Gasteiger partial charge in [-0.2, -0.15) is 0 Å². The average Bonchev–Trinajstić information content (AvgIpc) is 2.85. The number of ether oxygens (including phenoxy) is 5. The van der Waals surface area contributed by atoms with Crippen molar-refractivity contribution in [3.63, 3.8) is 0 Å². The van der Waals surface area contributed by atoms with Gasteiger partial charge in [0.15, 0.2) is 23.8 Å². The minimum atomic E-state index is -1.44. The van der Waals surface area contributed by atoms with E-state index in [1.165, 1.54) is 34.1 Å².